The number of hydrogen-bond donors (Lipinski definition) is 1. The van der Waals surface area contributed by atoms with E-state index in [1.807, 2.05) is 7.05 Å². The number of fused-ring (bicyclic) bond motifs is 1. The minimum atomic E-state index is -0.240. The number of hydrogen-bond acceptors (Lipinski definition) is 3. The van der Waals surface area contributed by atoms with Crippen molar-refractivity contribution in [3.63, 3.8) is 0 Å². The number of piperidine rings is 1. The molecule has 2 aliphatic carbocycles. The van der Waals surface area contributed by atoms with Gasteiger partial charge in [-0.1, -0.05) is 6.42 Å². The van der Waals surface area contributed by atoms with E-state index in [-0.39, 0.29) is 5.54 Å². The van der Waals surface area contributed by atoms with E-state index in [1.54, 1.807) is 0 Å². The fourth-order valence-corrected chi connectivity index (χ4v) is 4.63. The Hall–Kier alpha value is -0.590. The van der Waals surface area contributed by atoms with E-state index < -0.39 is 0 Å². The SMILES string of the molecule is CNC1(C#N)CCC(N2CCCC3CCCC32)C1. The van der Waals surface area contributed by atoms with Gasteiger partial charge in [-0.05, 0) is 64.5 Å². The van der Waals surface area contributed by atoms with Crippen LogP contribution < -0.4 is 5.32 Å². The minimum Gasteiger partial charge on any atom is -0.302 e. The Labute approximate surface area is 111 Å². The first-order chi connectivity index (χ1) is 8.78. The van der Waals surface area contributed by atoms with Crippen LogP contribution in [0.5, 0.6) is 0 Å². The lowest BCUT2D eigenvalue weighted by atomic mass is 9.90. The minimum absolute atomic E-state index is 0.240. The van der Waals surface area contributed by atoms with E-state index in [4.69, 9.17) is 0 Å². The number of rotatable bonds is 2. The number of nitrogens with one attached hydrogen (secondary N) is 1. The molecule has 4 unspecified atom stereocenters. The van der Waals surface area contributed by atoms with Crippen LogP contribution in [0.3, 0.4) is 0 Å². The van der Waals surface area contributed by atoms with Crippen molar-refractivity contribution in [3.8, 4) is 6.07 Å². The van der Waals surface area contributed by atoms with Crippen LogP contribution in [0.4, 0.5) is 0 Å². The molecule has 18 heavy (non-hydrogen) atoms. The molecule has 0 aromatic rings. The van der Waals surface area contributed by atoms with E-state index in [2.05, 4.69) is 16.3 Å². The van der Waals surface area contributed by atoms with Crippen LogP contribution >= 0.6 is 0 Å². The molecule has 3 fully saturated rings. The lowest BCUT2D eigenvalue weighted by Crippen LogP contribution is -2.49. The molecule has 100 valence electrons. The van der Waals surface area contributed by atoms with Crippen molar-refractivity contribution in [1.82, 2.24) is 10.2 Å². The lowest BCUT2D eigenvalue weighted by molar-refractivity contribution is 0.0676. The zero-order valence-electron chi connectivity index (χ0n) is 11.5. The molecule has 0 bridgehead atoms. The zero-order chi connectivity index (χ0) is 12.6. The second-order valence-electron chi connectivity index (χ2n) is 6.48. The van der Waals surface area contributed by atoms with Crippen molar-refractivity contribution < 1.29 is 0 Å². The average Bonchev–Trinajstić information content (AvgIpc) is 3.05. The van der Waals surface area contributed by atoms with Gasteiger partial charge in [0.25, 0.3) is 0 Å². The van der Waals surface area contributed by atoms with Gasteiger partial charge in [-0.15, -0.1) is 0 Å². The van der Waals surface area contributed by atoms with Crippen LogP contribution in [0, 0.1) is 17.2 Å². The molecule has 1 aliphatic heterocycles. The average molecular weight is 247 g/mol. The lowest BCUT2D eigenvalue weighted by Gasteiger charge is -2.42. The summed E-state index contributed by atoms with van der Waals surface area (Å²) in [5.41, 5.74) is -0.240. The van der Waals surface area contributed by atoms with E-state index in [9.17, 15) is 5.26 Å². The molecular formula is C15H25N3. The van der Waals surface area contributed by atoms with Crippen molar-refractivity contribution in [2.75, 3.05) is 13.6 Å². The molecule has 3 nitrogen and oxygen atoms in total. The number of nitrogens with zero attached hydrogens (tertiary/aromatic N) is 2. The number of nitriles is 1. The maximum Gasteiger partial charge on any atom is 0.108 e. The fourth-order valence-electron chi connectivity index (χ4n) is 4.63. The predicted molar refractivity (Wildman–Crippen MR) is 72.1 cm³/mol. The van der Waals surface area contributed by atoms with E-state index in [0.717, 1.165) is 24.8 Å². The largest absolute Gasteiger partial charge is 0.302 e. The molecule has 2 saturated carbocycles. The van der Waals surface area contributed by atoms with Gasteiger partial charge in [0.15, 0.2) is 0 Å². The van der Waals surface area contributed by atoms with Gasteiger partial charge in [0.1, 0.15) is 5.54 Å². The Morgan fingerprint density at radius 3 is 2.78 bits per heavy atom. The molecule has 1 heterocycles. The highest BCUT2D eigenvalue weighted by Crippen LogP contribution is 2.42. The van der Waals surface area contributed by atoms with Crippen molar-refractivity contribution in [2.45, 2.75) is 69.0 Å². The second kappa shape index (κ2) is 4.83. The Balaban J connectivity index is 1.70. The van der Waals surface area contributed by atoms with Gasteiger partial charge in [0.05, 0.1) is 6.07 Å². The van der Waals surface area contributed by atoms with Gasteiger partial charge < -0.3 is 5.32 Å². The van der Waals surface area contributed by atoms with Gasteiger partial charge in [-0.25, -0.2) is 0 Å². The van der Waals surface area contributed by atoms with Crippen LogP contribution in [0.2, 0.25) is 0 Å². The summed E-state index contributed by atoms with van der Waals surface area (Å²) in [5.74, 6) is 0.963. The highest BCUT2D eigenvalue weighted by atomic mass is 15.2. The molecular weight excluding hydrogens is 222 g/mol. The standard InChI is InChI=1S/C15H25N3/c1-17-15(11-16)8-7-13(10-15)18-9-3-5-12-4-2-6-14(12)18/h12-14,17H,2-10H2,1H3. The molecule has 0 aromatic carbocycles. The molecule has 0 radical (unpaired) electrons. The maximum atomic E-state index is 9.39. The molecule has 0 spiro atoms. The fraction of sp³-hybridized carbons (Fsp3) is 0.933. The Bertz CT molecular complexity index is 348. The highest BCUT2D eigenvalue weighted by Gasteiger charge is 2.45. The summed E-state index contributed by atoms with van der Waals surface area (Å²) >= 11 is 0. The van der Waals surface area contributed by atoms with Crippen LogP contribution in [0.15, 0.2) is 0 Å². The predicted octanol–water partition coefficient (Wildman–Crippen LogP) is 2.29. The summed E-state index contributed by atoms with van der Waals surface area (Å²) in [5, 5.41) is 12.7. The van der Waals surface area contributed by atoms with Crippen LogP contribution in [-0.4, -0.2) is 36.1 Å². The van der Waals surface area contributed by atoms with Crippen molar-refractivity contribution in [1.29, 1.82) is 5.26 Å². The van der Waals surface area contributed by atoms with E-state index >= 15 is 0 Å². The smallest absolute Gasteiger partial charge is 0.108 e. The van der Waals surface area contributed by atoms with Gasteiger partial charge in [0.2, 0.25) is 0 Å². The van der Waals surface area contributed by atoms with E-state index in [1.165, 1.54) is 45.1 Å². The van der Waals surface area contributed by atoms with Crippen molar-refractivity contribution in [3.05, 3.63) is 0 Å². The Morgan fingerprint density at radius 1 is 1.22 bits per heavy atom. The zero-order valence-corrected chi connectivity index (χ0v) is 11.5. The molecule has 3 rings (SSSR count). The molecule has 3 heteroatoms. The molecule has 1 saturated heterocycles. The van der Waals surface area contributed by atoms with E-state index in [0.29, 0.717) is 6.04 Å². The normalized spacial score (nSPS) is 44.8. The van der Waals surface area contributed by atoms with Crippen LogP contribution in [0.1, 0.15) is 51.4 Å². The third kappa shape index (κ3) is 1.96. The molecule has 4 atom stereocenters. The van der Waals surface area contributed by atoms with Crippen molar-refractivity contribution in [2.24, 2.45) is 5.92 Å². The summed E-state index contributed by atoms with van der Waals surface area (Å²) < 4.78 is 0. The highest BCUT2D eigenvalue weighted by molar-refractivity contribution is 5.13. The van der Waals surface area contributed by atoms with Gasteiger partial charge in [0, 0.05) is 12.1 Å². The first kappa shape index (κ1) is 12.4. The molecule has 0 aromatic heterocycles. The summed E-state index contributed by atoms with van der Waals surface area (Å²) in [6, 6.07) is 4.02. The third-order valence-electron chi connectivity index (χ3n) is 5.69. The number of likely N-dealkylation sites (tertiary alicyclic amines) is 1. The molecule has 3 aliphatic rings. The maximum absolute atomic E-state index is 9.39. The summed E-state index contributed by atoms with van der Waals surface area (Å²) in [6.07, 6.45) is 10.4. The topological polar surface area (TPSA) is 39.1 Å². The first-order valence-electron chi connectivity index (χ1n) is 7.64. The summed E-state index contributed by atoms with van der Waals surface area (Å²) in [4.78, 5) is 2.78. The first-order valence-corrected chi connectivity index (χ1v) is 7.64. The van der Waals surface area contributed by atoms with Crippen molar-refractivity contribution >= 4 is 0 Å². The van der Waals surface area contributed by atoms with Crippen LogP contribution in [0.25, 0.3) is 0 Å². The quantitative estimate of drug-likeness (QED) is 0.813. The molecule has 1 N–H and O–H groups in total. The summed E-state index contributed by atoms with van der Waals surface area (Å²) in [6.45, 7) is 1.27. The monoisotopic (exact) mass is 247 g/mol. The third-order valence-corrected chi connectivity index (χ3v) is 5.69. The second-order valence-corrected chi connectivity index (χ2v) is 6.48. The Morgan fingerprint density at radius 2 is 2.06 bits per heavy atom. The van der Waals surface area contributed by atoms with Gasteiger partial charge in [-0.3, -0.25) is 4.90 Å². The van der Waals surface area contributed by atoms with Crippen LogP contribution in [-0.2, 0) is 0 Å². The van der Waals surface area contributed by atoms with Gasteiger partial charge >= 0.3 is 0 Å². The van der Waals surface area contributed by atoms with Gasteiger partial charge in [-0.2, -0.15) is 5.26 Å². The Kier molecular flexibility index (Phi) is 3.34. The molecule has 0 amide bonds. The summed E-state index contributed by atoms with van der Waals surface area (Å²) in [7, 11) is 1.94.